The van der Waals surface area contributed by atoms with Crippen LogP contribution in [0.3, 0.4) is 0 Å². The van der Waals surface area contributed by atoms with Crippen molar-refractivity contribution in [2.45, 2.75) is 36.3 Å². The van der Waals surface area contributed by atoms with Crippen molar-refractivity contribution in [1.29, 1.82) is 0 Å². The van der Waals surface area contributed by atoms with E-state index in [1.54, 1.807) is 0 Å². The van der Waals surface area contributed by atoms with Gasteiger partial charge in [0, 0.05) is 0 Å². The second-order valence-electron chi connectivity index (χ2n) is 4.96. The Bertz CT molecular complexity index is 552. The molecule has 1 aromatic rings. The number of H-pyrrole nitrogens is 1. The Labute approximate surface area is 136 Å². The summed E-state index contributed by atoms with van der Waals surface area (Å²) in [4.78, 5) is 42.4. The van der Waals surface area contributed by atoms with Gasteiger partial charge in [0.25, 0.3) is 5.08 Å². The van der Waals surface area contributed by atoms with Crippen molar-refractivity contribution in [1.82, 2.24) is 4.98 Å². The molecule has 1 saturated carbocycles. The van der Waals surface area contributed by atoms with Crippen molar-refractivity contribution in [3.63, 3.8) is 0 Å². The molecule has 0 amide bonds. The summed E-state index contributed by atoms with van der Waals surface area (Å²) in [5.74, 6) is 0. The van der Waals surface area contributed by atoms with Gasteiger partial charge >= 0.3 is 7.60 Å². The van der Waals surface area contributed by atoms with E-state index in [1.165, 1.54) is 23.3 Å². The molecule has 13 N–H and O–H groups in total. The monoisotopic (exact) mass is 398 g/mol. The maximum absolute atomic E-state index is 11.7. The van der Waals surface area contributed by atoms with E-state index >= 15 is 0 Å². The van der Waals surface area contributed by atoms with E-state index in [4.69, 9.17) is 0 Å². The van der Waals surface area contributed by atoms with Crippen LogP contribution in [0, 0.1) is 0 Å². The highest BCUT2D eigenvalue weighted by Crippen LogP contribution is 2.72. The molecule has 146 valence electrons. The Hall–Kier alpha value is -0.690. The Kier molecular flexibility index (Phi) is 10.1. The lowest BCUT2D eigenvalue weighted by Gasteiger charge is -2.46. The molecule has 0 bridgehead atoms. The van der Waals surface area contributed by atoms with Crippen molar-refractivity contribution in [3.05, 3.63) is 18.7 Å². The number of nitrogens with zero attached hydrogens (tertiary/aromatic N) is 1. The molecule has 1 aliphatic carbocycles. The summed E-state index contributed by atoms with van der Waals surface area (Å²) in [7, 11) is -11.3. The van der Waals surface area contributed by atoms with Crippen molar-refractivity contribution in [2.75, 3.05) is 0 Å². The maximum Gasteiger partial charge on any atom is 0.370 e. The molecular weight excluding hydrogens is 374 g/mol. The zero-order valence-corrected chi connectivity index (χ0v) is 14.2. The van der Waals surface area contributed by atoms with Gasteiger partial charge in [-0.3, -0.25) is 9.55 Å². The topological polar surface area (TPSA) is 284 Å². The summed E-state index contributed by atoms with van der Waals surface area (Å²) in [5.41, 5.74) is -1.81. The number of hydrogen-bond donors (Lipinski definition) is 5. The summed E-state index contributed by atoms with van der Waals surface area (Å²) in [6.07, 6.45) is 5.06. The van der Waals surface area contributed by atoms with Gasteiger partial charge in [-0.2, -0.15) is 0 Å². The minimum atomic E-state index is -5.76. The van der Waals surface area contributed by atoms with E-state index in [0.29, 0.717) is 12.8 Å². The summed E-state index contributed by atoms with van der Waals surface area (Å²) in [6.45, 7) is 0. The third kappa shape index (κ3) is 3.77. The molecule has 1 aromatic heterocycles. The van der Waals surface area contributed by atoms with E-state index < -0.39 is 25.8 Å². The number of hydrogen-bond acceptors (Lipinski definition) is 4. The average molecular weight is 398 g/mol. The standard InChI is InChI=1S/C9H16N2O7P2.4H2O/c12-9(19(13,14)15,20(16,17)18)8(3-1-2-4-8)11-6-5-10-7-11;;;;/h5-7,12H,1-4H2,(H4,13,14,15,16,17,18);4*1H2. The van der Waals surface area contributed by atoms with Crippen LogP contribution in [0.2, 0.25) is 0 Å². The summed E-state index contributed by atoms with van der Waals surface area (Å²) >= 11 is 0. The molecule has 0 aromatic carbocycles. The first-order valence-corrected chi connectivity index (χ1v) is 9.12. The van der Waals surface area contributed by atoms with Crippen LogP contribution in [-0.2, 0) is 14.7 Å². The number of aromatic nitrogens is 2. The van der Waals surface area contributed by atoms with Crippen LogP contribution in [0.15, 0.2) is 18.7 Å². The smallest absolute Gasteiger partial charge is 0.370 e. The van der Waals surface area contributed by atoms with Crippen molar-refractivity contribution in [3.8, 4) is 0 Å². The van der Waals surface area contributed by atoms with Gasteiger partial charge in [-0.05, 0) is 25.7 Å². The molecule has 1 unspecified atom stereocenters. The predicted octanol–water partition coefficient (Wildman–Crippen LogP) is -4.36. The molecule has 1 fully saturated rings. The van der Waals surface area contributed by atoms with Crippen molar-refractivity contribution >= 4 is 15.2 Å². The molecule has 1 heterocycles. The quantitative estimate of drug-likeness (QED) is 0.245. The van der Waals surface area contributed by atoms with Gasteiger partial charge in [0.05, 0.1) is 0 Å². The Morgan fingerprint density at radius 3 is 1.83 bits per heavy atom. The maximum atomic E-state index is 11.7. The van der Waals surface area contributed by atoms with Crippen LogP contribution >= 0.6 is 15.2 Å². The number of nitrogens with one attached hydrogen (secondary N) is 1. The largest absolute Gasteiger partial charge is 0.776 e. The highest BCUT2D eigenvalue weighted by atomic mass is 31.2. The number of aromatic amines is 1. The van der Waals surface area contributed by atoms with E-state index in [9.17, 15) is 33.8 Å². The lowest BCUT2D eigenvalue weighted by atomic mass is 9.98. The van der Waals surface area contributed by atoms with E-state index in [0.717, 1.165) is 0 Å². The van der Waals surface area contributed by atoms with Gasteiger partial charge in [0.15, 0.2) is 13.1 Å². The third-order valence-corrected chi connectivity index (χ3v) is 7.87. The fraction of sp³-hybridized carbons (Fsp3) is 0.667. The number of rotatable bonds is 4. The Morgan fingerprint density at radius 2 is 1.54 bits per heavy atom. The minimum Gasteiger partial charge on any atom is -0.776 e. The molecule has 0 radical (unpaired) electrons. The molecule has 2 atom stereocenters. The fourth-order valence-electron chi connectivity index (χ4n) is 2.98. The predicted molar refractivity (Wildman–Crippen MR) is 78.7 cm³/mol. The Morgan fingerprint density at radius 1 is 1.08 bits per heavy atom. The fourth-order valence-corrected chi connectivity index (χ4v) is 6.04. The molecule has 2 rings (SSSR count). The van der Waals surface area contributed by atoms with Gasteiger partial charge in [-0.25, -0.2) is 4.57 Å². The number of imidazole rings is 1. The average Bonchev–Trinajstić information content (AvgIpc) is 2.96. The zero-order valence-electron chi connectivity index (χ0n) is 12.4. The summed E-state index contributed by atoms with van der Waals surface area (Å²) in [5, 5.41) is 6.82. The third-order valence-electron chi connectivity index (χ3n) is 3.89. The van der Waals surface area contributed by atoms with Crippen molar-refractivity contribution < 1.29 is 60.3 Å². The minimum absolute atomic E-state index is 0. The zero-order chi connectivity index (χ0) is 15.2. The van der Waals surface area contributed by atoms with Crippen LogP contribution in [0.25, 0.3) is 0 Å². The van der Waals surface area contributed by atoms with Crippen LogP contribution in [0.5, 0.6) is 0 Å². The normalized spacial score (nSPS) is 20.9. The van der Waals surface area contributed by atoms with E-state index in [2.05, 4.69) is 4.98 Å². The molecule has 0 saturated heterocycles. The first kappa shape index (κ1) is 28.1. The van der Waals surface area contributed by atoms with E-state index in [-0.39, 0.29) is 34.7 Å². The highest BCUT2D eigenvalue weighted by molar-refractivity contribution is 7.71. The molecule has 24 heavy (non-hydrogen) atoms. The van der Waals surface area contributed by atoms with E-state index in [1.807, 2.05) is 0 Å². The van der Waals surface area contributed by atoms with Crippen LogP contribution in [-0.4, -0.2) is 51.8 Å². The molecule has 13 nitrogen and oxygen atoms in total. The lowest BCUT2D eigenvalue weighted by molar-refractivity contribution is -0.771. The molecular formula is C9H24N2O11P2. The Balaban J connectivity index is -0.00000110. The van der Waals surface area contributed by atoms with Crippen LogP contribution in [0.4, 0.5) is 0 Å². The van der Waals surface area contributed by atoms with Crippen molar-refractivity contribution in [2.24, 2.45) is 0 Å². The first-order chi connectivity index (χ1) is 9.06. The van der Waals surface area contributed by atoms with Gasteiger partial charge in [-0.15, -0.1) is 0 Å². The summed E-state index contributed by atoms with van der Waals surface area (Å²) < 4.78 is 24.5. The van der Waals surface area contributed by atoms with Gasteiger partial charge in [-0.1, -0.05) is 0 Å². The SMILES string of the molecule is O.O.O.O.O=P([O-])(O)[C@](O)(C1([n+]2cc[nH]c2)CCCC1)P(=O)(O)O. The summed E-state index contributed by atoms with van der Waals surface area (Å²) in [6, 6.07) is 0. The van der Waals surface area contributed by atoms with Crippen LogP contribution < -0.4 is 9.46 Å². The first-order valence-electron chi connectivity index (χ1n) is 5.93. The second-order valence-corrected chi connectivity index (χ2v) is 8.73. The van der Waals surface area contributed by atoms with Gasteiger partial charge in [0.2, 0.25) is 6.33 Å². The molecule has 15 heteroatoms. The lowest BCUT2D eigenvalue weighted by Crippen LogP contribution is -2.67. The molecule has 0 aliphatic heterocycles. The second kappa shape index (κ2) is 8.61. The number of aliphatic hydroxyl groups is 1. The molecule has 0 spiro atoms. The van der Waals surface area contributed by atoms with Gasteiger partial charge in [0.1, 0.15) is 12.4 Å². The highest BCUT2D eigenvalue weighted by Gasteiger charge is 2.71. The van der Waals surface area contributed by atoms with Crippen LogP contribution in [0.1, 0.15) is 25.7 Å². The molecule has 1 aliphatic rings. The van der Waals surface area contributed by atoms with Gasteiger partial charge < -0.3 is 51.1 Å².